The smallest absolute Gasteiger partial charge is 0.319 e. The molecule has 0 radical (unpaired) electrons. The van der Waals surface area contributed by atoms with Crippen molar-refractivity contribution in [1.29, 1.82) is 0 Å². The Morgan fingerprint density at radius 3 is 2.75 bits per heavy atom. The molecule has 0 spiro atoms. The van der Waals surface area contributed by atoms with Gasteiger partial charge >= 0.3 is 6.01 Å². The second-order valence-corrected chi connectivity index (χ2v) is 11.4. The third kappa shape index (κ3) is 5.05. The number of rotatable bonds is 6. The van der Waals surface area contributed by atoms with E-state index in [1.54, 1.807) is 11.0 Å². The average molecular weight is 544 g/mol. The molecule has 3 aliphatic rings. The van der Waals surface area contributed by atoms with Gasteiger partial charge in [-0.15, -0.1) is 0 Å². The van der Waals surface area contributed by atoms with Gasteiger partial charge in [0.2, 0.25) is 5.91 Å². The SMILES string of the molecule is C=CC(=O)N1CCN(c2nc(OC[C@@H]3CCCN3C)nc3cc(-c4cccc5c4CCCC5)c(F)cc23)[C@@H](C)C1. The van der Waals surface area contributed by atoms with Crippen molar-refractivity contribution in [3.05, 3.63) is 59.9 Å². The van der Waals surface area contributed by atoms with Gasteiger partial charge in [0.05, 0.1) is 5.52 Å². The molecule has 2 atom stereocenters. The van der Waals surface area contributed by atoms with E-state index >= 15 is 4.39 Å². The topological polar surface area (TPSA) is 61.8 Å². The summed E-state index contributed by atoms with van der Waals surface area (Å²) in [5, 5.41) is 0.659. The van der Waals surface area contributed by atoms with Crippen LogP contribution in [0.25, 0.3) is 22.0 Å². The molecule has 1 aliphatic carbocycles. The monoisotopic (exact) mass is 543 g/mol. The highest BCUT2D eigenvalue weighted by atomic mass is 19.1. The summed E-state index contributed by atoms with van der Waals surface area (Å²) in [6, 6.07) is 10.3. The van der Waals surface area contributed by atoms with Crippen LogP contribution in [0.1, 0.15) is 43.7 Å². The predicted octanol–water partition coefficient (Wildman–Crippen LogP) is 5.01. The van der Waals surface area contributed by atoms with Crippen molar-refractivity contribution in [2.24, 2.45) is 0 Å². The highest BCUT2D eigenvalue weighted by molar-refractivity contribution is 5.94. The molecular weight excluding hydrogens is 505 g/mol. The first-order valence-corrected chi connectivity index (χ1v) is 14.6. The van der Waals surface area contributed by atoms with Gasteiger partial charge in [0.25, 0.3) is 0 Å². The number of benzene rings is 2. The molecular formula is C32H38FN5O2. The second kappa shape index (κ2) is 11.2. The van der Waals surface area contributed by atoms with Gasteiger partial charge in [-0.25, -0.2) is 4.39 Å². The fourth-order valence-electron chi connectivity index (χ4n) is 6.60. The summed E-state index contributed by atoms with van der Waals surface area (Å²) in [5.74, 6) is 0.301. The number of nitrogens with zero attached hydrogens (tertiary/aromatic N) is 5. The van der Waals surface area contributed by atoms with E-state index in [1.807, 2.05) is 18.2 Å². The van der Waals surface area contributed by atoms with E-state index in [1.165, 1.54) is 23.6 Å². The molecule has 0 N–H and O–H groups in total. The van der Waals surface area contributed by atoms with Crippen LogP contribution in [0.3, 0.4) is 0 Å². The number of likely N-dealkylation sites (N-methyl/N-ethyl adjacent to an activating group) is 1. The van der Waals surface area contributed by atoms with Crippen molar-refractivity contribution < 1.29 is 13.9 Å². The van der Waals surface area contributed by atoms with Crippen molar-refractivity contribution in [3.63, 3.8) is 0 Å². The Hall–Kier alpha value is -3.52. The number of carbonyl (C=O) groups excluding carboxylic acids is 1. The summed E-state index contributed by atoms with van der Waals surface area (Å²) in [7, 11) is 2.12. The fraction of sp³-hybridized carbons (Fsp3) is 0.469. The molecule has 1 amide bonds. The molecule has 2 saturated heterocycles. The van der Waals surface area contributed by atoms with Crippen molar-refractivity contribution >= 4 is 22.6 Å². The predicted molar refractivity (Wildman–Crippen MR) is 156 cm³/mol. The Balaban J connectivity index is 1.42. The lowest BCUT2D eigenvalue weighted by Crippen LogP contribution is -2.53. The van der Waals surface area contributed by atoms with E-state index in [-0.39, 0.29) is 17.8 Å². The standard InChI is InChI=1S/C32H38FN5O2/c1-4-30(39)37-15-16-38(21(2)19-37)31-27-17-28(33)26(25-13-7-10-22-9-5-6-12-24(22)25)18-29(27)34-32(35-31)40-20-23-11-8-14-36(23)3/h4,7,10,13,17-18,21,23H,1,5-6,8-9,11-12,14-16,19-20H2,2-3H3/t21-,23-/m0/s1. The quantitative estimate of drug-likeness (QED) is 0.408. The highest BCUT2D eigenvalue weighted by Gasteiger charge is 2.30. The van der Waals surface area contributed by atoms with Gasteiger partial charge in [-0.05, 0) is 93.9 Å². The Bertz CT molecular complexity index is 1440. The van der Waals surface area contributed by atoms with E-state index in [9.17, 15) is 4.79 Å². The largest absolute Gasteiger partial charge is 0.462 e. The molecule has 6 rings (SSSR count). The van der Waals surface area contributed by atoms with Crippen LogP contribution >= 0.6 is 0 Å². The van der Waals surface area contributed by atoms with Crippen molar-refractivity contribution in [2.75, 3.05) is 44.7 Å². The maximum absolute atomic E-state index is 16.0. The van der Waals surface area contributed by atoms with Crippen LogP contribution < -0.4 is 9.64 Å². The molecule has 7 nitrogen and oxygen atoms in total. The van der Waals surface area contributed by atoms with E-state index in [0.717, 1.165) is 44.2 Å². The van der Waals surface area contributed by atoms with E-state index in [2.05, 4.69) is 36.4 Å². The molecule has 40 heavy (non-hydrogen) atoms. The van der Waals surface area contributed by atoms with Crippen molar-refractivity contribution in [1.82, 2.24) is 19.8 Å². The molecule has 0 unspecified atom stereocenters. The molecule has 3 heterocycles. The molecule has 2 aliphatic heterocycles. The summed E-state index contributed by atoms with van der Waals surface area (Å²) in [4.78, 5) is 28.2. The second-order valence-electron chi connectivity index (χ2n) is 11.4. The number of fused-ring (bicyclic) bond motifs is 2. The summed E-state index contributed by atoms with van der Waals surface area (Å²) in [6.07, 6.45) is 7.90. The Kier molecular flexibility index (Phi) is 7.45. The van der Waals surface area contributed by atoms with Gasteiger partial charge in [0.1, 0.15) is 18.2 Å². The van der Waals surface area contributed by atoms with Gasteiger partial charge < -0.3 is 19.4 Å². The molecule has 3 aromatic rings. The molecule has 1 aromatic heterocycles. The third-order valence-corrected chi connectivity index (χ3v) is 8.89. The van der Waals surface area contributed by atoms with Gasteiger partial charge in [0.15, 0.2) is 0 Å². The summed E-state index contributed by atoms with van der Waals surface area (Å²) in [5.41, 5.74) is 4.76. The Morgan fingerprint density at radius 2 is 1.98 bits per heavy atom. The number of amides is 1. The number of likely N-dealkylation sites (tertiary alicyclic amines) is 1. The number of piperazine rings is 1. The molecule has 0 saturated carbocycles. The van der Waals surface area contributed by atoms with Crippen LogP contribution in [0.15, 0.2) is 43.0 Å². The van der Waals surface area contributed by atoms with Crippen molar-refractivity contribution in [3.8, 4) is 17.1 Å². The third-order valence-electron chi connectivity index (χ3n) is 8.89. The molecule has 8 heteroatoms. The zero-order valence-corrected chi connectivity index (χ0v) is 23.5. The van der Waals surface area contributed by atoms with Crippen LogP contribution in [0, 0.1) is 5.82 Å². The first kappa shape index (κ1) is 26.7. The van der Waals surface area contributed by atoms with E-state index < -0.39 is 0 Å². The van der Waals surface area contributed by atoms with E-state index in [4.69, 9.17) is 14.7 Å². The lowest BCUT2D eigenvalue weighted by Gasteiger charge is -2.40. The first-order valence-electron chi connectivity index (χ1n) is 14.6. The zero-order chi connectivity index (χ0) is 27.8. The first-order chi connectivity index (χ1) is 19.4. The summed E-state index contributed by atoms with van der Waals surface area (Å²) in [6.45, 7) is 8.92. The number of hydrogen-bond donors (Lipinski definition) is 0. The lowest BCUT2D eigenvalue weighted by molar-refractivity contribution is -0.126. The number of ether oxygens (including phenoxy) is 1. The molecule has 2 fully saturated rings. The van der Waals surface area contributed by atoms with Gasteiger partial charge in [-0.3, -0.25) is 4.79 Å². The Morgan fingerprint density at radius 1 is 1.12 bits per heavy atom. The summed E-state index contributed by atoms with van der Waals surface area (Å²) < 4.78 is 22.2. The van der Waals surface area contributed by atoms with Crippen LogP contribution in [0.5, 0.6) is 6.01 Å². The lowest BCUT2D eigenvalue weighted by atomic mass is 9.85. The van der Waals surface area contributed by atoms with Crippen LogP contribution in [-0.4, -0.2) is 77.6 Å². The van der Waals surface area contributed by atoms with Crippen molar-refractivity contribution in [2.45, 2.75) is 57.5 Å². The number of carbonyl (C=O) groups is 1. The number of hydrogen-bond acceptors (Lipinski definition) is 6. The number of anilines is 1. The van der Waals surface area contributed by atoms with Crippen LogP contribution in [-0.2, 0) is 17.6 Å². The Labute approximate surface area is 235 Å². The number of aromatic nitrogens is 2. The minimum absolute atomic E-state index is 0.0200. The number of halogens is 1. The molecule has 0 bridgehead atoms. The normalized spacial score (nSPS) is 21.5. The van der Waals surface area contributed by atoms with Crippen LogP contribution in [0.2, 0.25) is 0 Å². The minimum atomic E-state index is -0.273. The molecule has 210 valence electrons. The highest BCUT2D eigenvalue weighted by Crippen LogP contribution is 2.37. The zero-order valence-electron chi connectivity index (χ0n) is 23.5. The summed E-state index contributed by atoms with van der Waals surface area (Å²) >= 11 is 0. The fourth-order valence-corrected chi connectivity index (χ4v) is 6.60. The van der Waals surface area contributed by atoms with Gasteiger partial charge in [-0.2, -0.15) is 9.97 Å². The maximum Gasteiger partial charge on any atom is 0.319 e. The number of aryl methyl sites for hydroxylation is 1. The van der Waals surface area contributed by atoms with Crippen LogP contribution in [0.4, 0.5) is 10.2 Å². The minimum Gasteiger partial charge on any atom is -0.462 e. The van der Waals surface area contributed by atoms with E-state index in [0.29, 0.717) is 60.6 Å². The maximum atomic E-state index is 16.0. The molecule has 2 aromatic carbocycles. The van der Waals surface area contributed by atoms with Gasteiger partial charge in [-0.1, -0.05) is 24.8 Å². The van der Waals surface area contributed by atoms with Gasteiger partial charge in [0, 0.05) is 42.7 Å². The average Bonchev–Trinajstić information content (AvgIpc) is 3.39.